The highest BCUT2D eigenvalue weighted by atomic mass is 16.4. The number of rotatable bonds is 2. The van der Waals surface area contributed by atoms with Crippen molar-refractivity contribution < 1.29 is 4.42 Å². The molecule has 2 aromatic rings. The Morgan fingerprint density at radius 1 is 1.35 bits per heavy atom. The van der Waals surface area contributed by atoms with E-state index < -0.39 is 0 Å². The molecular formula is C12H15N3O2. The Kier molecular flexibility index (Phi) is 2.46. The molecule has 0 saturated carbocycles. The third-order valence-electron chi connectivity index (χ3n) is 3.14. The first-order valence-corrected chi connectivity index (χ1v) is 6.18. The van der Waals surface area contributed by atoms with Crippen molar-refractivity contribution in [2.24, 2.45) is 0 Å². The summed E-state index contributed by atoms with van der Waals surface area (Å²) in [6.07, 6.45) is 4.70. The normalized spacial score (nSPS) is 15.1. The number of hydrogen-bond acceptors (Lipinski definition) is 4. The van der Waals surface area contributed by atoms with Crippen molar-refractivity contribution >= 4 is 11.2 Å². The summed E-state index contributed by atoms with van der Waals surface area (Å²) in [4.78, 5) is 20.9. The van der Waals surface area contributed by atoms with Crippen molar-refractivity contribution in [2.45, 2.75) is 45.6 Å². The SMILES string of the molecule is CCCc1nc2c(=O)n3c(nc2o1)CCCC3. The van der Waals surface area contributed by atoms with Gasteiger partial charge in [0, 0.05) is 19.4 Å². The highest BCUT2D eigenvalue weighted by Crippen LogP contribution is 2.16. The maximum Gasteiger partial charge on any atom is 0.283 e. The molecule has 0 atom stereocenters. The van der Waals surface area contributed by atoms with Gasteiger partial charge in [-0.25, -0.2) is 4.98 Å². The van der Waals surface area contributed by atoms with Crippen LogP contribution < -0.4 is 5.56 Å². The van der Waals surface area contributed by atoms with Gasteiger partial charge >= 0.3 is 0 Å². The van der Waals surface area contributed by atoms with E-state index in [0.717, 1.165) is 44.5 Å². The van der Waals surface area contributed by atoms with Gasteiger partial charge in [-0.3, -0.25) is 9.36 Å². The van der Waals surface area contributed by atoms with Gasteiger partial charge in [-0.2, -0.15) is 4.98 Å². The zero-order valence-corrected chi connectivity index (χ0v) is 9.90. The second-order valence-corrected chi connectivity index (χ2v) is 4.45. The van der Waals surface area contributed by atoms with Crippen LogP contribution in [0, 0.1) is 0 Å². The molecule has 0 bridgehead atoms. The number of aryl methyl sites for hydroxylation is 2. The number of hydrogen-bond donors (Lipinski definition) is 0. The largest absolute Gasteiger partial charge is 0.422 e. The minimum atomic E-state index is -0.0456. The molecule has 17 heavy (non-hydrogen) atoms. The molecule has 5 heteroatoms. The fourth-order valence-corrected chi connectivity index (χ4v) is 2.29. The lowest BCUT2D eigenvalue weighted by Gasteiger charge is -2.15. The van der Waals surface area contributed by atoms with Crippen molar-refractivity contribution in [1.29, 1.82) is 0 Å². The van der Waals surface area contributed by atoms with Crippen molar-refractivity contribution in [2.75, 3.05) is 0 Å². The second-order valence-electron chi connectivity index (χ2n) is 4.45. The van der Waals surface area contributed by atoms with Gasteiger partial charge in [-0.15, -0.1) is 0 Å². The Balaban J connectivity index is 2.22. The molecule has 0 N–H and O–H groups in total. The van der Waals surface area contributed by atoms with Crippen molar-refractivity contribution in [3.05, 3.63) is 22.1 Å². The van der Waals surface area contributed by atoms with Gasteiger partial charge in [0.1, 0.15) is 5.82 Å². The number of fused-ring (bicyclic) bond motifs is 2. The van der Waals surface area contributed by atoms with Gasteiger partial charge in [0.2, 0.25) is 0 Å². The van der Waals surface area contributed by atoms with E-state index in [4.69, 9.17) is 4.42 Å². The summed E-state index contributed by atoms with van der Waals surface area (Å²) in [5.74, 6) is 1.46. The van der Waals surface area contributed by atoms with Crippen LogP contribution in [0.5, 0.6) is 0 Å². The van der Waals surface area contributed by atoms with E-state index in [9.17, 15) is 4.79 Å². The molecule has 90 valence electrons. The van der Waals surface area contributed by atoms with Crippen LogP contribution >= 0.6 is 0 Å². The van der Waals surface area contributed by atoms with Crippen LogP contribution in [0.15, 0.2) is 9.21 Å². The minimum Gasteiger partial charge on any atom is -0.422 e. The summed E-state index contributed by atoms with van der Waals surface area (Å²) in [5.41, 5.74) is 0.751. The van der Waals surface area contributed by atoms with Crippen LogP contribution in [0.4, 0.5) is 0 Å². The molecule has 2 aromatic heterocycles. The van der Waals surface area contributed by atoms with Gasteiger partial charge < -0.3 is 4.42 Å². The summed E-state index contributed by atoms with van der Waals surface area (Å²) in [7, 11) is 0. The Labute approximate surface area is 98.5 Å². The van der Waals surface area contributed by atoms with Gasteiger partial charge in [0.15, 0.2) is 11.4 Å². The predicted molar refractivity (Wildman–Crippen MR) is 63.0 cm³/mol. The van der Waals surface area contributed by atoms with Crippen molar-refractivity contribution in [3.63, 3.8) is 0 Å². The summed E-state index contributed by atoms with van der Waals surface area (Å²) in [6, 6.07) is 0. The van der Waals surface area contributed by atoms with Crippen LogP contribution in [0.2, 0.25) is 0 Å². The lowest BCUT2D eigenvalue weighted by molar-refractivity contribution is 0.485. The van der Waals surface area contributed by atoms with E-state index in [-0.39, 0.29) is 5.56 Å². The maximum absolute atomic E-state index is 12.2. The molecule has 0 aromatic carbocycles. The van der Waals surface area contributed by atoms with E-state index in [1.54, 1.807) is 4.57 Å². The van der Waals surface area contributed by atoms with E-state index in [0.29, 0.717) is 17.1 Å². The summed E-state index contributed by atoms with van der Waals surface area (Å²) < 4.78 is 7.26. The van der Waals surface area contributed by atoms with E-state index in [1.165, 1.54) is 0 Å². The van der Waals surface area contributed by atoms with E-state index >= 15 is 0 Å². The number of nitrogens with zero attached hydrogens (tertiary/aromatic N) is 3. The summed E-state index contributed by atoms with van der Waals surface area (Å²) >= 11 is 0. The van der Waals surface area contributed by atoms with Gasteiger partial charge in [-0.1, -0.05) is 6.92 Å². The molecule has 1 aliphatic rings. The molecule has 3 heterocycles. The predicted octanol–water partition coefficient (Wildman–Crippen LogP) is 1.67. The molecule has 0 radical (unpaired) electrons. The highest BCUT2D eigenvalue weighted by molar-refractivity contribution is 5.66. The van der Waals surface area contributed by atoms with Crippen molar-refractivity contribution in [3.8, 4) is 0 Å². The average molecular weight is 233 g/mol. The number of oxazole rings is 1. The van der Waals surface area contributed by atoms with E-state index in [1.807, 2.05) is 0 Å². The molecule has 0 aliphatic carbocycles. The fourth-order valence-electron chi connectivity index (χ4n) is 2.29. The highest BCUT2D eigenvalue weighted by Gasteiger charge is 2.18. The molecule has 0 spiro atoms. The third kappa shape index (κ3) is 1.66. The zero-order valence-electron chi connectivity index (χ0n) is 9.90. The Morgan fingerprint density at radius 2 is 2.24 bits per heavy atom. The first kappa shape index (κ1) is 10.5. The quantitative estimate of drug-likeness (QED) is 0.791. The smallest absolute Gasteiger partial charge is 0.283 e. The first-order valence-electron chi connectivity index (χ1n) is 6.18. The first-order chi connectivity index (χ1) is 8.29. The van der Waals surface area contributed by atoms with Gasteiger partial charge in [0.05, 0.1) is 0 Å². The molecule has 0 fully saturated rings. The lowest BCUT2D eigenvalue weighted by Crippen LogP contribution is -2.28. The molecule has 3 rings (SSSR count). The standard InChI is InChI=1S/C12H15N3O2/c1-2-5-9-14-10-11(17-9)13-8-6-3-4-7-15(8)12(10)16/h2-7H2,1H3. The van der Waals surface area contributed by atoms with Gasteiger partial charge in [-0.05, 0) is 19.3 Å². The van der Waals surface area contributed by atoms with Crippen LogP contribution in [-0.4, -0.2) is 14.5 Å². The van der Waals surface area contributed by atoms with Crippen molar-refractivity contribution in [1.82, 2.24) is 14.5 Å². The van der Waals surface area contributed by atoms with Gasteiger partial charge in [0.25, 0.3) is 11.3 Å². The van der Waals surface area contributed by atoms with E-state index in [2.05, 4.69) is 16.9 Å². The Hall–Kier alpha value is -1.65. The summed E-state index contributed by atoms with van der Waals surface area (Å²) in [6.45, 7) is 2.81. The molecule has 0 amide bonds. The fraction of sp³-hybridized carbons (Fsp3) is 0.583. The molecule has 1 aliphatic heterocycles. The molecule has 0 unspecified atom stereocenters. The average Bonchev–Trinajstić information content (AvgIpc) is 2.73. The Morgan fingerprint density at radius 3 is 3.06 bits per heavy atom. The molecule has 5 nitrogen and oxygen atoms in total. The topological polar surface area (TPSA) is 60.9 Å². The van der Waals surface area contributed by atoms with Crippen LogP contribution in [0.3, 0.4) is 0 Å². The molecular weight excluding hydrogens is 218 g/mol. The third-order valence-corrected chi connectivity index (χ3v) is 3.14. The second kappa shape index (κ2) is 3.98. The minimum absolute atomic E-state index is 0.0456. The Bertz CT molecular complexity index is 612. The summed E-state index contributed by atoms with van der Waals surface area (Å²) in [5, 5.41) is 0. The lowest BCUT2D eigenvalue weighted by atomic mass is 10.1. The zero-order chi connectivity index (χ0) is 11.8. The molecule has 0 saturated heterocycles. The van der Waals surface area contributed by atoms with Crippen LogP contribution in [0.1, 0.15) is 37.9 Å². The van der Waals surface area contributed by atoms with Crippen LogP contribution in [-0.2, 0) is 19.4 Å². The van der Waals surface area contributed by atoms with Crippen LogP contribution in [0.25, 0.3) is 11.2 Å². The number of aromatic nitrogens is 3. The maximum atomic E-state index is 12.2. The monoisotopic (exact) mass is 233 g/mol.